The Balaban J connectivity index is 1.52. The fourth-order valence-corrected chi connectivity index (χ4v) is 3.19. The van der Waals surface area contributed by atoms with Gasteiger partial charge in [-0.3, -0.25) is 14.6 Å². The van der Waals surface area contributed by atoms with Crippen LogP contribution in [0.4, 0.5) is 0 Å². The molecule has 3 aromatic heterocycles. The molecule has 1 aromatic carbocycles. The van der Waals surface area contributed by atoms with E-state index in [2.05, 4.69) is 20.3 Å². The van der Waals surface area contributed by atoms with Crippen molar-refractivity contribution in [3.8, 4) is 22.4 Å². The Morgan fingerprint density at radius 2 is 1.77 bits per heavy atom. The number of aryl methyl sites for hydroxylation is 2. The summed E-state index contributed by atoms with van der Waals surface area (Å²) in [5, 5.41) is 2.85. The number of hydrogen-bond acceptors (Lipinski definition) is 5. The normalized spacial score (nSPS) is 10.6. The molecule has 7 nitrogen and oxygen atoms in total. The molecule has 1 amide bonds. The Hall–Kier alpha value is -4.13. The monoisotopic (exact) mass is 411 g/mol. The largest absolute Gasteiger partial charge is 0.348 e. The van der Waals surface area contributed by atoms with Crippen molar-refractivity contribution in [1.29, 1.82) is 0 Å². The Bertz CT molecular complexity index is 1280. The number of hydrogen-bond donors (Lipinski definition) is 1. The van der Waals surface area contributed by atoms with E-state index in [4.69, 9.17) is 0 Å². The zero-order valence-corrected chi connectivity index (χ0v) is 17.2. The zero-order valence-electron chi connectivity index (χ0n) is 17.2. The van der Waals surface area contributed by atoms with Crippen molar-refractivity contribution in [2.75, 3.05) is 0 Å². The fourth-order valence-electron chi connectivity index (χ4n) is 3.19. The Morgan fingerprint density at radius 1 is 1.03 bits per heavy atom. The molecular formula is C24H21N5O2. The summed E-state index contributed by atoms with van der Waals surface area (Å²) < 4.78 is 1.42. The number of nitrogens with zero attached hydrogens (tertiary/aromatic N) is 4. The summed E-state index contributed by atoms with van der Waals surface area (Å²) in [7, 11) is 1.64. The third-order valence-electron chi connectivity index (χ3n) is 4.95. The molecule has 0 radical (unpaired) electrons. The minimum Gasteiger partial charge on any atom is -0.348 e. The van der Waals surface area contributed by atoms with E-state index in [0.29, 0.717) is 17.9 Å². The van der Waals surface area contributed by atoms with E-state index in [1.807, 2.05) is 49.5 Å². The van der Waals surface area contributed by atoms with Gasteiger partial charge in [-0.1, -0.05) is 24.3 Å². The van der Waals surface area contributed by atoms with Crippen molar-refractivity contribution in [3.05, 3.63) is 101 Å². The molecule has 0 bridgehead atoms. The molecule has 7 heteroatoms. The zero-order chi connectivity index (χ0) is 21.8. The van der Waals surface area contributed by atoms with Gasteiger partial charge in [-0.05, 0) is 36.2 Å². The highest BCUT2D eigenvalue weighted by atomic mass is 16.2. The van der Waals surface area contributed by atoms with E-state index < -0.39 is 0 Å². The van der Waals surface area contributed by atoms with Crippen molar-refractivity contribution in [1.82, 2.24) is 24.8 Å². The number of carbonyl (C=O) groups excluding carboxylic acids is 1. The third-order valence-corrected chi connectivity index (χ3v) is 4.95. The second kappa shape index (κ2) is 8.71. The third kappa shape index (κ3) is 4.56. The number of benzene rings is 1. The van der Waals surface area contributed by atoms with Crippen LogP contribution < -0.4 is 10.9 Å². The minimum absolute atomic E-state index is 0.220. The lowest BCUT2D eigenvalue weighted by molar-refractivity contribution is 0.0950. The molecule has 1 N–H and O–H groups in total. The fraction of sp³-hybridized carbons (Fsp3) is 0.125. The summed E-state index contributed by atoms with van der Waals surface area (Å²) in [5.41, 5.74) is 4.79. The van der Waals surface area contributed by atoms with Crippen LogP contribution in [0.5, 0.6) is 0 Å². The van der Waals surface area contributed by atoms with E-state index in [0.717, 1.165) is 27.9 Å². The standard InChI is InChI=1S/C24H21N5O2/c1-16-26-15-21(18-7-10-25-11-8-18)23(28-16)19-5-3-17(4-6-19)14-27-24(31)20-9-12-29(2)22(30)13-20/h3-13,15H,14H2,1-2H3,(H,27,31). The number of nitrogens with one attached hydrogen (secondary N) is 1. The highest BCUT2D eigenvalue weighted by molar-refractivity contribution is 5.93. The van der Waals surface area contributed by atoms with Gasteiger partial charge in [-0.25, -0.2) is 9.97 Å². The predicted octanol–water partition coefficient (Wildman–Crippen LogP) is 3.14. The average Bonchev–Trinajstić information content (AvgIpc) is 2.80. The van der Waals surface area contributed by atoms with Crippen LogP contribution in [0.1, 0.15) is 21.7 Å². The van der Waals surface area contributed by atoms with Crippen LogP contribution in [0.25, 0.3) is 22.4 Å². The van der Waals surface area contributed by atoms with Gasteiger partial charge in [-0.15, -0.1) is 0 Å². The van der Waals surface area contributed by atoms with E-state index in [1.165, 1.54) is 10.6 Å². The first-order valence-electron chi connectivity index (χ1n) is 9.79. The maximum Gasteiger partial charge on any atom is 0.251 e. The highest BCUT2D eigenvalue weighted by Gasteiger charge is 2.11. The Labute approximate surface area is 179 Å². The maximum atomic E-state index is 12.3. The van der Waals surface area contributed by atoms with Crippen molar-refractivity contribution in [3.63, 3.8) is 0 Å². The van der Waals surface area contributed by atoms with Crippen molar-refractivity contribution < 1.29 is 4.79 Å². The molecule has 0 aliphatic carbocycles. The van der Waals surface area contributed by atoms with Crippen LogP contribution in [0, 0.1) is 6.92 Å². The van der Waals surface area contributed by atoms with E-state index >= 15 is 0 Å². The Morgan fingerprint density at radius 3 is 2.48 bits per heavy atom. The first-order chi connectivity index (χ1) is 15.0. The van der Waals surface area contributed by atoms with Crippen LogP contribution in [-0.4, -0.2) is 25.4 Å². The molecule has 0 saturated carbocycles. The topological polar surface area (TPSA) is 89.8 Å². The average molecular weight is 411 g/mol. The summed E-state index contributed by atoms with van der Waals surface area (Å²) in [4.78, 5) is 37.1. The van der Waals surface area contributed by atoms with Gasteiger partial charge in [0.25, 0.3) is 11.5 Å². The quantitative estimate of drug-likeness (QED) is 0.545. The van der Waals surface area contributed by atoms with Crippen LogP contribution in [0.3, 0.4) is 0 Å². The number of aromatic nitrogens is 4. The second-order valence-electron chi connectivity index (χ2n) is 7.16. The van der Waals surface area contributed by atoms with E-state index in [9.17, 15) is 9.59 Å². The summed E-state index contributed by atoms with van der Waals surface area (Å²) in [6.07, 6.45) is 6.89. The van der Waals surface area contributed by atoms with Crippen LogP contribution in [0.2, 0.25) is 0 Å². The lowest BCUT2D eigenvalue weighted by Crippen LogP contribution is -2.25. The minimum atomic E-state index is -0.284. The molecule has 3 heterocycles. The smallest absolute Gasteiger partial charge is 0.251 e. The molecule has 31 heavy (non-hydrogen) atoms. The van der Waals surface area contributed by atoms with Gasteiger partial charge >= 0.3 is 0 Å². The number of pyridine rings is 2. The summed E-state index contributed by atoms with van der Waals surface area (Å²) in [6, 6.07) is 14.7. The second-order valence-corrected chi connectivity index (χ2v) is 7.16. The molecule has 0 aliphatic heterocycles. The molecule has 0 aliphatic rings. The van der Waals surface area contributed by atoms with Crippen molar-refractivity contribution in [2.24, 2.45) is 7.05 Å². The van der Waals surface area contributed by atoms with Crippen LogP contribution in [0.15, 0.2) is 78.1 Å². The number of carbonyl (C=O) groups is 1. The predicted molar refractivity (Wildman–Crippen MR) is 118 cm³/mol. The Kier molecular flexibility index (Phi) is 5.66. The lowest BCUT2D eigenvalue weighted by Gasteiger charge is -2.11. The summed E-state index contributed by atoms with van der Waals surface area (Å²) in [6.45, 7) is 2.22. The molecular weight excluding hydrogens is 390 g/mol. The maximum absolute atomic E-state index is 12.3. The van der Waals surface area contributed by atoms with E-state index in [-0.39, 0.29) is 11.5 Å². The van der Waals surface area contributed by atoms with E-state index in [1.54, 1.807) is 31.7 Å². The highest BCUT2D eigenvalue weighted by Crippen LogP contribution is 2.29. The molecule has 0 atom stereocenters. The number of rotatable bonds is 5. The van der Waals surface area contributed by atoms with Crippen molar-refractivity contribution in [2.45, 2.75) is 13.5 Å². The van der Waals surface area contributed by atoms with Crippen LogP contribution >= 0.6 is 0 Å². The molecule has 0 fully saturated rings. The van der Waals surface area contributed by atoms with Gasteiger partial charge in [0.05, 0.1) is 5.69 Å². The summed E-state index contributed by atoms with van der Waals surface area (Å²) in [5.74, 6) is 0.409. The molecule has 4 aromatic rings. The molecule has 0 spiro atoms. The van der Waals surface area contributed by atoms with Gasteiger partial charge in [0.1, 0.15) is 5.82 Å². The molecule has 4 rings (SSSR count). The van der Waals surface area contributed by atoms with Gasteiger partial charge in [0.2, 0.25) is 0 Å². The van der Waals surface area contributed by atoms with Crippen molar-refractivity contribution >= 4 is 5.91 Å². The van der Waals surface area contributed by atoms with Gasteiger partial charge in [0.15, 0.2) is 0 Å². The van der Waals surface area contributed by atoms with Gasteiger partial charge in [-0.2, -0.15) is 0 Å². The lowest BCUT2D eigenvalue weighted by atomic mass is 10.0. The molecule has 0 unspecified atom stereocenters. The SMILES string of the molecule is Cc1ncc(-c2ccncc2)c(-c2ccc(CNC(=O)c3ccn(C)c(=O)c3)cc2)n1. The molecule has 154 valence electrons. The first-order valence-corrected chi connectivity index (χ1v) is 9.79. The number of amides is 1. The van der Waals surface area contributed by atoms with Gasteiger partial charge < -0.3 is 9.88 Å². The van der Waals surface area contributed by atoms with Crippen LogP contribution in [-0.2, 0) is 13.6 Å². The molecule has 0 saturated heterocycles. The van der Waals surface area contributed by atoms with Gasteiger partial charge in [0, 0.05) is 61.1 Å². The summed E-state index contributed by atoms with van der Waals surface area (Å²) >= 11 is 0. The first kappa shape index (κ1) is 20.2.